The molecule has 1 aliphatic rings. The van der Waals surface area contributed by atoms with E-state index in [1.807, 2.05) is 18.2 Å². The van der Waals surface area contributed by atoms with Crippen molar-refractivity contribution in [1.82, 2.24) is 14.7 Å². The number of likely N-dealkylation sites (N-methyl/N-ethyl adjacent to an activating group) is 1. The molecule has 8 heteroatoms. The van der Waals surface area contributed by atoms with Crippen molar-refractivity contribution < 1.29 is 23.9 Å². The van der Waals surface area contributed by atoms with Gasteiger partial charge in [-0.05, 0) is 38.6 Å². The largest absolute Gasteiger partial charge is 0.465 e. The summed E-state index contributed by atoms with van der Waals surface area (Å²) in [5.74, 6) is -1.51. The first-order valence-electron chi connectivity index (χ1n) is 10.0. The van der Waals surface area contributed by atoms with Crippen LogP contribution >= 0.6 is 0 Å². The standard InChI is InChI=1S/C21H31N3O5/c1-4-28-19(25)15-24(16-20(26)29-5-2)21(27)18-8-6-7-17(13-18)14-23-11-9-22(3)10-12-23/h6-8,13H,4-5,9-12,14-16H2,1-3H3. The van der Waals surface area contributed by atoms with E-state index < -0.39 is 17.8 Å². The second kappa shape index (κ2) is 11.5. The molecule has 1 heterocycles. The minimum atomic E-state index is -0.557. The second-order valence-corrected chi connectivity index (χ2v) is 7.05. The van der Waals surface area contributed by atoms with Crippen LogP contribution < -0.4 is 0 Å². The highest BCUT2D eigenvalue weighted by molar-refractivity contribution is 5.97. The Kier molecular flexibility index (Phi) is 9.08. The van der Waals surface area contributed by atoms with Crippen LogP contribution in [-0.2, 0) is 25.6 Å². The van der Waals surface area contributed by atoms with Crippen molar-refractivity contribution in [2.24, 2.45) is 0 Å². The van der Waals surface area contributed by atoms with Gasteiger partial charge in [0.25, 0.3) is 5.91 Å². The minimum absolute atomic E-state index is 0.209. The zero-order valence-corrected chi connectivity index (χ0v) is 17.6. The van der Waals surface area contributed by atoms with E-state index in [0.29, 0.717) is 5.56 Å². The third-order valence-corrected chi connectivity index (χ3v) is 4.71. The molecular formula is C21H31N3O5. The Morgan fingerprint density at radius 2 is 1.55 bits per heavy atom. The Labute approximate surface area is 172 Å². The molecule has 0 aliphatic carbocycles. The number of carbonyl (C=O) groups is 3. The van der Waals surface area contributed by atoms with E-state index in [9.17, 15) is 14.4 Å². The van der Waals surface area contributed by atoms with Crippen molar-refractivity contribution in [1.29, 1.82) is 0 Å². The van der Waals surface area contributed by atoms with E-state index in [1.165, 1.54) is 4.90 Å². The van der Waals surface area contributed by atoms with Crippen LogP contribution in [0, 0.1) is 0 Å². The molecule has 2 rings (SSSR count). The summed E-state index contributed by atoms with van der Waals surface area (Å²) in [6.45, 7) is 7.96. The van der Waals surface area contributed by atoms with Gasteiger partial charge in [-0.25, -0.2) is 0 Å². The number of carbonyl (C=O) groups excluding carboxylic acids is 3. The maximum absolute atomic E-state index is 13.0. The molecule has 1 aromatic carbocycles. The van der Waals surface area contributed by atoms with Crippen LogP contribution in [0.2, 0.25) is 0 Å². The number of amides is 1. The Balaban J connectivity index is 2.09. The van der Waals surface area contributed by atoms with Gasteiger partial charge < -0.3 is 19.3 Å². The molecule has 0 radical (unpaired) electrons. The summed E-state index contributed by atoms with van der Waals surface area (Å²) in [6.07, 6.45) is 0. The number of esters is 2. The average molecular weight is 405 g/mol. The zero-order chi connectivity index (χ0) is 21.2. The molecule has 1 aliphatic heterocycles. The number of nitrogens with zero attached hydrogens (tertiary/aromatic N) is 3. The average Bonchev–Trinajstić information content (AvgIpc) is 2.69. The Morgan fingerprint density at radius 3 is 2.10 bits per heavy atom. The molecule has 0 N–H and O–H groups in total. The molecule has 1 fully saturated rings. The molecule has 1 amide bonds. The van der Waals surface area contributed by atoms with Gasteiger partial charge in [0, 0.05) is 38.3 Å². The molecule has 1 aromatic rings. The third-order valence-electron chi connectivity index (χ3n) is 4.71. The highest BCUT2D eigenvalue weighted by atomic mass is 16.5. The molecule has 0 unspecified atom stereocenters. The first-order chi connectivity index (χ1) is 13.9. The lowest BCUT2D eigenvalue weighted by Crippen LogP contribution is -2.44. The Hall–Kier alpha value is -2.45. The molecular weight excluding hydrogens is 374 g/mol. The molecule has 0 atom stereocenters. The predicted molar refractivity (Wildman–Crippen MR) is 108 cm³/mol. The Morgan fingerprint density at radius 1 is 0.966 bits per heavy atom. The van der Waals surface area contributed by atoms with Crippen molar-refractivity contribution in [3.05, 3.63) is 35.4 Å². The monoisotopic (exact) mass is 405 g/mol. The van der Waals surface area contributed by atoms with Gasteiger partial charge in [-0.15, -0.1) is 0 Å². The SMILES string of the molecule is CCOC(=O)CN(CC(=O)OCC)C(=O)c1cccc(CN2CCN(C)CC2)c1. The first kappa shape index (κ1) is 22.8. The van der Waals surface area contributed by atoms with E-state index in [2.05, 4.69) is 16.8 Å². The maximum atomic E-state index is 13.0. The van der Waals surface area contributed by atoms with E-state index in [4.69, 9.17) is 9.47 Å². The number of ether oxygens (including phenoxy) is 2. The smallest absolute Gasteiger partial charge is 0.325 e. The van der Waals surface area contributed by atoms with Crippen molar-refractivity contribution >= 4 is 17.8 Å². The normalized spacial score (nSPS) is 15.0. The van der Waals surface area contributed by atoms with E-state index >= 15 is 0 Å². The summed E-state index contributed by atoms with van der Waals surface area (Å²) < 4.78 is 9.87. The fourth-order valence-electron chi connectivity index (χ4n) is 3.17. The molecule has 1 saturated heterocycles. The first-order valence-corrected chi connectivity index (χ1v) is 10.0. The lowest BCUT2D eigenvalue weighted by atomic mass is 10.1. The minimum Gasteiger partial charge on any atom is -0.465 e. The molecule has 160 valence electrons. The topological polar surface area (TPSA) is 79.4 Å². The van der Waals surface area contributed by atoms with Crippen LogP contribution in [0.15, 0.2) is 24.3 Å². The van der Waals surface area contributed by atoms with Crippen LogP contribution in [0.25, 0.3) is 0 Å². The number of hydrogen-bond donors (Lipinski definition) is 0. The summed E-state index contributed by atoms with van der Waals surface area (Å²) in [5.41, 5.74) is 1.46. The molecule has 0 saturated carbocycles. The van der Waals surface area contributed by atoms with Gasteiger partial charge in [0.05, 0.1) is 13.2 Å². The van der Waals surface area contributed by atoms with Crippen molar-refractivity contribution in [3.8, 4) is 0 Å². The second-order valence-electron chi connectivity index (χ2n) is 7.05. The molecule has 0 aromatic heterocycles. The van der Waals surface area contributed by atoms with Gasteiger partial charge >= 0.3 is 11.9 Å². The Bertz CT molecular complexity index is 681. The lowest BCUT2D eigenvalue weighted by molar-refractivity contribution is -0.147. The summed E-state index contributed by atoms with van der Waals surface area (Å²) in [6, 6.07) is 7.32. The van der Waals surface area contributed by atoms with Crippen molar-refractivity contribution in [2.75, 3.05) is 59.5 Å². The van der Waals surface area contributed by atoms with Gasteiger partial charge in [0.1, 0.15) is 13.1 Å². The van der Waals surface area contributed by atoms with Crippen molar-refractivity contribution in [2.45, 2.75) is 20.4 Å². The highest BCUT2D eigenvalue weighted by Gasteiger charge is 2.23. The number of hydrogen-bond acceptors (Lipinski definition) is 7. The van der Waals surface area contributed by atoms with Crippen LogP contribution in [0.4, 0.5) is 0 Å². The maximum Gasteiger partial charge on any atom is 0.325 e. The zero-order valence-electron chi connectivity index (χ0n) is 17.6. The van der Waals surface area contributed by atoms with Gasteiger partial charge in [-0.2, -0.15) is 0 Å². The van der Waals surface area contributed by atoms with Crippen LogP contribution in [0.5, 0.6) is 0 Å². The fourth-order valence-corrected chi connectivity index (χ4v) is 3.17. The number of benzene rings is 1. The summed E-state index contributed by atoms with van der Waals surface area (Å²) in [4.78, 5) is 42.6. The third kappa shape index (κ3) is 7.47. The van der Waals surface area contributed by atoms with Crippen molar-refractivity contribution in [3.63, 3.8) is 0 Å². The summed E-state index contributed by atoms with van der Waals surface area (Å²) in [5, 5.41) is 0. The lowest BCUT2D eigenvalue weighted by Gasteiger charge is -2.32. The molecule has 8 nitrogen and oxygen atoms in total. The summed E-state index contributed by atoms with van der Waals surface area (Å²) >= 11 is 0. The van der Waals surface area contributed by atoms with Gasteiger partial charge in [-0.1, -0.05) is 12.1 Å². The molecule has 0 spiro atoms. The van der Waals surface area contributed by atoms with Gasteiger partial charge in [0.15, 0.2) is 0 Å². The highest BCUT2D eigenvalue weighted by Crippen LogP contribution is 2.13. The van der Waals surface area contributed by atoms with Crippen LogP contribution in [0.3, 0.4) is 0 Å². The van der Waals surface area contributed by atoms with E-state index in [-0.39, 0.29) is 26.3 Å². The fraction of sp³-hybridized carbons (Fsp3) is 0.571. The van der Waals surface area contributed by atoms with E-state index in [1.54, 1.807) is 19.9 Å². The predicted octanol–water partition coefficient (Wildman–Crippen LogP) is 1.00. The van der Waals surface area contributed by atoms with E-state index in [0.717, 1.165) is 38.3 Å². The quantitative estimate of drug-likeness (QED) is 0.567. The number of rotatable bonds is 9. The number of piperazine rings is 1. The molecule has 29 heavy (non-hydrogen) atoms. The van der Waals surface area contributed by atoms with Gasteiger partial charge in [-0.3, -0.25) is 19.3 Å². The van der Waals surface area contributed by atoms with Gasteiger partial charge in [0.2, 0.25) is 0 Å². The van der Waals surface area contributed by atoms with Crippen LogP contribution in [0.1, 0.15) is 29.8 Å². The summed E-state index contributed by atoms with van der Waals surface area (Å²) in [7, 11) is 2.11. The van der Waals surface area contributed by atoms with Crippen LogP contribution in [-0.4, -0.2) is 92.1 Å². The molecule has 0 bridgehead atoms.